The molecule has 1 N–H and O–H groups in total. The highest BCUT2D eigenvalue weighted by Gasteiger charge is 2.20. The van der Waals surface area contributed by atoms with Gasteiger partial charge in [-0.15, -0.1) is 0 Å². The number of nitrogens with zero attached hydrogens (tertiary/aromatic N) is 1. The fraction of sp³-hybridized carbons (Fsp3) is 0.154. The summed E-state index contributed by atoms with van der Waals surface area (Å²) in [6.07, 6.45) is 0. The molecule has 160 valence electrons. The SMILES string of the molecule is COc1ccc(-c2nc3ccccc3c(C(=O)Nc3ccc4c(c3)OCCO4)c2C)cc1. The van der Waals surface area contributed by atoms with E-state index >= 15 is 0 Å². The van der Waals surface area contributed by atoms with Gasteiger partial charge < -0.3 is 19.5 Å². The van der Waals surface area contributed by atoms with Crippen molar-refractivity contribution in [2.24, 2.45) is 0 Å². The summed E-state index contributed by atoms with van der Waals surface area (Å²) in [5, 5.41) is 3.82. The number of methoxy groups -OCH3 is 1. The van der Waals surface area contributed by atoms with Gasteiger partial charge in [-0.2, -0.15) is 0 Å². The lowest BCUT2D eigenvalue weighted by Gasteiger charge is -2.19. The lowest BCUT2D eigenvalue weighted by molar-refractivity contribution is 0.102. The molecule has 0 atom stereocenters. The first-order chi connectivity index (χ1) is 15.6. The molecule has 5 rings (SSSR count). The number of fused-ring (bicyclic) bond motifs is 2. The van der Waals surface area contributed by atoms with Gasteiger partial charge in [-0.1, -0.05) is 18.2 Å². The van der Waals surface area contributed by atoms with Gasteiger partial charge in [0.2, 0.25) is 0 Å². The third-order valence-corrected chi connectivity index (χ3v) is 5.53. The fourth-order valence-corrected chi connectivity index (χ4v) is 3.94. The average molecular weight is 426 g/mol. The van der Waals surface area contributed by atoms with Crippen LogP contribution in [0.2, 0.25) is 0 Å². The van der Waals surface area contributed by atoms with Crippen LogP contribution in [0.5, 0.6) is 17.2 Å². The Hall–Kier alpha value is -4.06. The molecule has 0 bridgehead atoms. The quantitative estimate of drug-likeness (QED) is 0.483. The standard InChI is InChI=1S/C26H22N2O4/c1-16-24(26(29)27-18-9-12-22-23(15-18)32-14-13-31-22)20-5-3-4-6-21(20)28-25(16)17-7-10-19(30-2)11-8-17/h3-12,15H,13-14H2,1-2H3,(H,27,29). The van der Waals surface area contributed by atoms with Crippen LogP contribution < -0.4 is 19.5 Å². The van der Waals surface area contributed by atoms with Gasteiger partial charge in [-0.25, -0.2) is 4.98 Å². The number of carbonyl (C=O) groups excluding carboxylic acids is 1. The van der Waals surface area contributed by atoms with Gasteiger partial charge in [0.25, 0.3) is 5.91 Å². The van der Waals surface area contributed by atoms with Crippen LogP contribution in [-0.4, -0.2) is 31.2 Å². The van der Waals surface area contributed by atoms with E-state index in [-0.39, 0.29) is 5.91 Å². The minimum atomic E-state index is -0.201. The molecule has 6 heteroatoms. The molecular weight excluding hydrogens is 404 g/mol. The van der Waals surface area contributed by atoms with Crippen molar-refractivity contribution < 1.29 is 19.0 Å². The average Bonchev–Trinajstić information content (AvgIpc) is 2.83. The summed E-state index contributed by atoms with van der Waals surface area (Å²) in [7, 11) is 1.63. The van der Waals surface area contributed by atoms with Crippen LogP contribution in [-0.2, 0) is 0 Å². The summed E-state index contributed by atoms with van der Waals surface area (Å²) < 4.78 is 16.5. The lowest BCUT2D eigenvalue weighted by Crippen LogP contribution is -2.17. The summed E-state index contributed by atoms with van der Waals surface area (Å²) >= 11 is 0. The van der Waals surface area contributed by atoms with Gasteiger partial charge in [0, 0.05) is 22.7 Å². The largest absolute Gasteiger partial charge is 0.497 e. The zero-order valence-corrected chi connectivity index (χ0v) is 17.8. The number of para-hydroxylation sites is 1. The normalized spacial score (nSPS) is 12.4. The summed E-state index contributed by atoms with van der Waals surface area (Å²) in [6.45, 7) is 2.94. The highest BCUT2D eigenvalue weighted by Crippen LogP contribution is 2.34. The third kappa shape index (κ3) is 3.60. The van der Waals surface area contributed by atoms with Crippen molar-refractivity contribution in [3.05, 3.63) is 77.9 Å². The highest BCUT2D eigenvalue weighted by molar-refractivity contribution is 6.14. The summed E-state index contributed by atoms with van der Waals surface area (Å²) in [5.41, 5.74) is 4.49. The second kappa shape index (κ2) is 8.23. The van der Waals surface area contributed by atoms with Crippen LogP contribution in [0.4, 0.5) is 5.69 Å². The van der Waals surface area contributed by atoms with Crippen LogP contribution in [0, 0.1) is 6.92 Å². The van der Waals surface area contributed by atoms with Gasteiger partial charge in [0.1, 0.15) is 19.0 Å². The van der Waals surface area contributed by atoms with E-state index in [1.807, 2.05) is 67.6 Å². The van der Waals surface area contributed by atoms with Crippen molar-refractivity contribution in [1.82, 2.24) is 4.98 Å². The molecule has 2 heterocycles. The number of amides is 1. The molecule has 0 aliphatic carbocycles. The highest BCUT2D eigenvalue weighted by atomic mass is 16.6. The Kier molecular flexibility index (Phi) is 5.11. The van der Waals surface area contributed by atoms with E-state index in [4.69, 9.17) is 19.2 Å². The second-order valence-electron chi connectivity index (χ2n) is 7.52. The monoisotopic (exact) mass is 426 g/mol. The van der Waals surface area contributed by atoms with Crippen molar-refractivity contribution >= 4 is 22.5 Å². The predicted octanol–water partition coefficient (Wildman–Crippen LogP) is 5.24. The number of pyridine rings is 1. The fourth-order valence-electron chi connectivity index (χ4n) is 3.94. The Bertz CT molecular complexity index is 1320. The van der Waals surface area contributed by atoms with E-state index < -0.39 is 0 Å². The van der Waals surface area contributed by atoms with Crippen molar-refractivity contribution in [2.75, 3.05) is 25.6 Å². The minimum absolute atomic E-state index is 0.201. The number of hydrogen-bond acceptors (Lipinski definition) is 5. The van der Waals surface area contributed by atoms with E-state index in [0.29, 0.717) is 36.0 Å². The van der Waals surface area contributed by atoms with Gasteiger partial charge >= 0.3 is 0 Å². The van der Waals surface area contributed by atoms with Crippen molar-refractivity contribution in [3.63, 3.8) is 0 Å². The zero-order valence-electron chi connectivity index (χ0n) is 17.8. The number of rotatable bonds is 4. The maximum atomic E-state index is 13.5. The molecule has 3 aromatic carbocycles. The molecule has 0 fully saturated rings. The van der Waals surface area contributed by atoms with Gasteiger partial charge in [0.05, 0.1) is 23.9 Å². The summed E-state index contributed by atoms with van der Waals surface area (Å²) in [5.74, 6) is 1.88. The summed E-state index contributed by atoms with van der Waals surface area (Å²) in [6, 6.07) is 20.8. The molecular formula is C26H22N2O4. The maximum absolute atomic E-state index is 13.5. The Balaban J connectivity index is 1.57. The number of carbonyl (C=O) groups is 1. The number of nitrogens with one attached hydrogen (secondary N) is 1. The molecule has 0 saturated heterocycles. The van der Waals surface area contributed by atoms with Gasteiger partial charge in [0.15, 0.2) is 11.5 Å². The zero-order chi connectivity index (χ0) is 22.1. The molecule has 6 nitrogen and oxygen atoms in total. The van der Waals surface area contributed by atoms with Crippen LogP contribution in [0.25, 0.3) is 22.2 Å². The van der Waals surface area contributed by atoms with Crippen molar-refractivity contribution in [1.29, 1.82) is 0 Å². The number of anilines is 1. The molecule has 1 amide bonds. The Morgan fingerprint density at radius 3 is 2.50 bits per heavy atom. The first-order valence-electron chi connectivity index (χ1n) is 10.4. The molecule has 0 unspecified atom stereocenters. The number of aromatic nitrogens is 1. The van der Waals surface area contributed by atoms with Crippen LogP contribution in [0.1, 0.15) is 15.9 Å². The molecule has 4 aromatic rings. The molecule has 1 aliphatic rings. The topological polar surface area (TPSA) is 69.7 Å². The van der Waals surface area contributed by atoms with Crippen LogP contribution in [0.3, 0.4) is 0 Å². The maximum Gasteiger partial charge on any atom is 0.256 e. The predicted molar refractivity (Wildman–Crippen MR) is 124 cm³/mol. The van der Waals surface area contributed by atoms with Gasteiger partial charge in [-0.3, -0.25) is 4.79 Å². The summed E-state index contributed by atoms with van der Waals surface area (Å²) in [4.78, 5) is 18.3. The Morgan fingerprint density at radius 2 is 1.72 bits per heavy atom. The molecule has 32 heavy (non-hydrogen) atoms. The van der Waals surface area contributed by atoms with E-state index in [1.165, 1.54) is 0 Å². The van der Waals surface area contributed by atoms with Crippen LogP contribution >= 0.6 is 0 Å². The molecule has 0 spiro atoms. The van der Waals surface area contributed by atoms with E-state index in [1.54, 1.807) is 13.2 Å². The van der Waals surface area contributed by atoms with Gasteiger partial charge in [-0.05, 0) is 55.0 Å². The van der Waals surface area contributed by atoms with E-state index in [0.717, 1.165) is 33.5 Å². The number of ether oxygens (including phenoxy) is 3. The number of hydrogen-bond donors (Lipinski definition) is 1. The molecule has 0 radical (unpaired) electrons. The van der Waals surface area contributed by atoms with Crippen molar-refractivity contribution in [2.45, 2.75) is 6.92 Å². The van der Waals surface area contributed by atoms with E-state index in [2.05, 4.69) is 5.32 Å². The smallest absolute Gasteiger partial charge is 0.256 e. The molecule has 1 aromatic heterocycles. The third-order valence-electron chi connectivity index (χ3n) is 5.53. The van der Waals surface area contributed by atoms with Crippen molar-refractivity contribution in [3.8, 4) is 28.5 Å². The first kappa shape index (κ1) is 19.9. The lowest BCUT2D eigenvalue weighted by atomic mass is 9.97. The minimum Gasteiger partial charge on any atom is -0.497 e. The molecule has 0 saturated carbocycles. The first-order valence-corrected chi connectivity index (χ1v) is 10.4. The Labute approximate surface area is 185 Å². The van der Waals surface area contributed by atoms with E-state index in [9.17, 15) is 4.79 Å². The Morgan fingerprint density at radius 1 is 0.969 bits per heavy atom. The van der Waals surface area contributed by atoms with Crippen LogP contribution in [0.15, 0.2) is 66.7 Å². The number of benzene rings is 3. The second-order valence-corrected chi connectivity index (χ2v) is 7.52. The molecule has 1 aliphatic heterocycles.